The maximum atomic E-state index is 11.9. The number of amides is 1. The van der Waals surface area contributed by atoms with Crippen LogP contribution >= 0.6 is 0 Å². The van der Waals surface area contributed by atoms with Crippen LogP contribution in [0.4, 0.5) is 0 Å². The van der Waals surface area contributed by atoms with Gasteiger partial charge in [0.05, 0.1) is 6.54 Å². The third kappa shape index (κ3) is 1.84. The van der Waals surface area contributed by atoms with Crippen molar-refractivity contribution in [1.82, 2.24) is 4.90 Å². The quantitative estimate of drug-likeness (QED) is 0.730. The normalized spacial score (nSPS) is 25.9. The van der Waals surface area contributed by atoms with E-state index in [2.05, 4.69) is 24.3 Å². The van der Waals surface area contributed by atoms with Gasteiger partial charge in [0.25, 0.3) is 0 Å². The molecule has 1 aromatic rings. The molecule has 1 amide bonds. The molecule has 1 aromatic carbocycles. The van der Waals surface area contributed by atoms with Gasteiger partial charge in [0.1, 0.15) is 5.75 Å². The van der Waals surface area contributed by atoms with E-state index in [-0.39, 0.29) is 5.91 Å². The molecule has 3 heteroatoms. The molecule has 4 rings (SSSR count). The topological polar surface area (TPSA) is 29.5 Å². The number of benzene rings is 1. The number of fused-ring (bicyclic) bond motifs is 3. The van der Waals surface area contributed by atoms with Crippen molar-refractivity contribution in [1.29, 1.82) is 0 Å². The molecule has 0 saturated heterocycles. The summed E-state index contributed by atoms with van der Waals surface area (Å²) in [6.45, 7) is 2.19. The summed E-state index contributed by atoms with van der Waals surface area (Å²) in [6, 6.07) is 8.16. The minimum Gasteiger partial charge on any atom is -0.480 e. The van der Waals surface area contributed by atoms with Gasteiger partial charge in [-0.25, -0.2) is 0 Å². The van der Waals surface area contributed by atoms with E-state index in [1.54, 1.807) is 11.8 Å². The first-order valence-corrected chi connectivity index (χ1v) is 7.30. The minimum absolute atomic E-state index is 0.0648. The Hall–Kier alpha value is -2.29. The maximum absolute atomic E-state index is 11.9. The number of allylic oxidation sites excluding steroid dienone is 3. The van der Waals surface area contributed by atoms with E-state index in [9.17, 15) is 4.79 Å². The lowest BCUT2D eigenvalue weighted by Crippen LogP contribution is -2.51. The number of hydrogen-bond donors (Lipinski definition) is 0. The molecule has 1 aliphatic carbocycles. The minimum atomic E-state index is -0.426. The predicted octanol–water partition coefficient (Wildman–Crippen LogP) is 2.99. The lowest BCUT2D eigenvalue weighted by Gasteiger charge is -2.41. The largest absolute Gasteiger partial charge is 0.480 e. The van der Waals surface area contributed by atoms with Gasteiger partial charge in [0.15, 0.2) is 5.60 Å². The summed E-state index contributed by atoms with van der Waals surface area (Å²) >= 11 is 0. The van der Waals surface area contributed by atoms with Crippen molar-refractivity contribution < 1.29 is 9.53 Å². The molecule has 2 heterocycles. The number of para-hydroxylation sites is 1. The molecule has 1 spiro atoms. The van der Waals surface area contributed by atoms with E-state index in [1.165, 1.54) is 16.7 Å². The number of hydrogen-bond acceptors (Lipinski definition) is 2. The zero-order valence-corrected chi connectivity index (χ0v) is 12.0. The van der Waals surface area contributed by atoms with Gasteiger partial charge in [0.2, 0.25) is 5.91 Å². The van der Waals surface area contributed by atoms with Gasteiger partial charge in [-0.1, -0.05) is 36.4 Å². The third-order valence-corrected chi connectivity index (χ3v) is 4.47. The number of ether oxygens (including phenoxy) is 1. The summed E-state index contributed by atoms with van der Waals surface area (Å²) in [5.41, 5.74) is 3.20. The molecule has 2 aliphatic heterocycles. The Morgan fingerprint density at radius 2 is 2.19 bits per heavy atom. The average molecular weight is 279 g/mol. The molecule has 0 fully saturated rings. The first-order valence-electron chi connectivity index (χ1n) is 7.30. The fourth-order valence-corrected chi connectivity index (χ4v) is 3.48. The van der Waals surface area contributed by atoms with Crippen molar-refractivity contribution in [3.05, 3.63) is 65.4 Å². The fraction of sp³-hybridized carbons (Fsp3) is 0.278. The molecular weight excluding hydrogens is 262 g/mol. The van der Waals surface area contributed by atoms with E-state index in [0.29, 0.717) is 6.54 Å². The summed E-state index contributed by atoms with van der Waals surface area (Å²) < 4.78 is 6.35. The summed E-state index contributed by atoms with van der Waals surface area (Å²) in [6.07, 6.45) is 10.0. The van der Waals surface area contributed by atoms with Crippen molar-refractivity contribution >= 4 is 5.91 Å². The van der Waals surface area contributed by atoms with Crippen LogP contribution in [0.5, 0.6) is 5.75 Å². The number of carbonyl (C=O) groups excluding carboxylic acids is 1. The van der Waals surface area contributed by atoms with E-state index in [4.69, 9.17) is 4.74 Å². The third-order valence-electron chi connectivity index (χ3n) is 4.47. The number of carbonyl (C=O) groups is 1. The highest BCUT2D eigenvalue weighted by atomic mass is 16.5. The lowest BCUT2D eigenvalue weighted by atomic mass is 9.79. The standard InChI is InChI=1S/C18H17NO2/c1-13(20)19-11-15-7-2-4-8-16(15)18(12-19)10-14-6-3-5-9-17(14)21-18/h2-6,8-9,11H,7,10,12H2,1H3. The summed E-state index contributed by atoms with van der Waals surface area (Å²) in [5.74, 6) is 1.01. The Labute approximate surface area is 124 Å². The molecule has 3 nitrogen and oxygen atoms in total. The van der Waals surface area contributed by atoms with Gasteiger partial charge in [-0.05, 0) is 23.6 Å². The van der Waals surface area contributed by atoms with Crippen molar-refractivity contribution in [3.63, 3.8) is 0 Å². The summed E-state index contributed by atoms with van der Waals surface area (Å²) in [4.78, 5) is 13.7. The fourth-order valence-electron chi connectivity index (χ4n) is 3.48. The van der Waals surface area contributed by atoms with E-state index in [1.807, 2.05) is 24.4 Å². The van der Waals surface area contributed by atoms with Crippen molar-refractivity contribution in [2.45, 2.75) is 25.4 Å². The first kappa shape index (κ1) is 12.5. The van der Waals surface area contributed by atoms with Crippen LogP contribution in [0.1, 0.15) is 18.9 Å². The van der Waals surface area contributed by atoms with E-state index >= 15 is 0 Å². The summed E-state index contributed by atoms with van der Waals surface area (Å²) in [5, 5.41) is 0. The molecular formula is C18H17NO2. The molecule has 0 bridgehead atoms. The maximum Gasteiger partial charge on any atom is 0.223 e. The zero-order chi connectivity index (χ0) is 14.4. The molecule has 21 heavy (non-hydrogen) atoms. The Morgan fingerprint density at radius 3 is 3.00 bits per heavy atom. The van der Waals surface area contributed by atoms with Crippen LogP contribution in [0.3, 0.4) is 0 Å². The van der Waals surface area contributed by atoms with Gasteiger partial charge in [-0.15, -0.1) is 0 Å². The van der Waals surface area contributed by atoms with Crippen LogP contribution in [0.25, 0.3) is 0 Å². The second-order valence-electron chi connectivity index (χ2n) is 5.89. The van der Waals surface area contributed by atoms with Crippen LogP contribution in [0.2, 0.25) is 0 Å². The molecule has 0 saturated carbocycles. The number of rotatable bonds is 0. The van der Waals surface area contributed by atoms with Gasteiger partial charge in [0, 0.05) is 25.1 Å². The predicted molar refractivity (Wildman–Crippen MR) is 80.8 cm³/mol. The van der Waals surface area contributed by atoms with Crippen LogP contribution in [-0.4, -0.2) is 23.0 Å². The molecule has 1 atom stereocenters. The molecule has 106 valence electrons. The lowest BCUT2D eigenvalue weighted by molar-refractivity contribution is -0.128. The number of nitrogens with zero attached hydrogens (tertiary/aromatic N) is 1. The van der Waals surface area contributed by atoms with Crippen LogP contribution in [0, 0.1) is 0 Å². The monoisotopic (exact) mass is 279 g/mol. The Morgan fingerprint density at radius 1 is 1.33 bits per heavy atom. The molecule has 1 unspecified atom stereocenters. The van der Waals surface area contributed by atoms with Gasteiger partial charge < -0.3 is 9.64 Å². The van der Waals surface area contributed by atoms with Crippen molar-refractivity contribution in [2.75, 3.05) is 6.54 Å². The molecule has 0 aromatic heterocycles. The van der Waals surface area contributed by atoms with Crippen LogP contribution in [0.15, 0.2) is 59.8 Å². The highest BCUT2D eigenvalue weighted by molar-refractivity contribution is 5.76. The second-order valence-corrected chi connectivity index (χ2v) is 5.89. The smallest absolute Gasteiger partial charge is 0.223 e. The SMILES string of the molecule is CC(=O)N1C=C2CC=CC=C2C2(Cc3ccccc3O2)C1. The molecule has 3 aliphatic rings. The molecule has 0 N–H and O–H groups in total. The Bertz CT molecular complexity index is 687. The Balaban J connectivity index is 1.82. The second kappa shape index (κ2) is 4.35. The van der Waals surface area contributed by atoms with Crippen molar-refractivity contribution in [3.8, 4) is 5.75 Å². The zero-order valence-electron chi connectivity index (χ0n) is 12.0. The van der Waals surface area contributed by atoms with Gasteiger partial charge >= 0.3 is 0 Å². The van der Waals surface area contributed by atoms with Crippen LogP contribution < -0.4 is 4.74 Å². The Kier molecular flexibility index (Phi) is 2.58. The van der Waals surface area contributed by atoms with E-state index < -0.39 is 5.60 Å². The van der Waals surface area contributed by atoms with Gasteiger partial charge in [-0.3, -0.25) is 4.79 Å². The van der Waals surface area contributed by atoms with Crippen LogP contribution in [-0.2, 0) is 11.2 Å². The molecule has 0 radical (unpaired) electrons. The summed E-state index contributed by atoms with van der Waals surface area (Å²) in [7, 11) is 0. The van der Waals surface area contributed by atoms with E-state index in [0.717, 1.165) is 18.6 Å². The first-order chi connectivity index (χ1) is 10.2. The van der Waals surface area contributed by atoms with Crippen molar-refractivity contribution in [2.24, 2.45) is 0 Å². The average Bonchev–Trinajstić information content (AvgIpc) is 2.85. The van der Waals surface area contributed by atoms with Gasteiger partial charge in [-0.2, -0.15) is 0 Å². The highest BCUT2D eigenvalue weighted by Gasteiger charge is 2.47. The highest BCUT2D eigenvalue weighted by Crippen LogP contribution is 2.45.